The molecule has 0 bridgehead atoms. The highest BCUT2D eigenvalue weighted by Gasteiger charge is 2.29. The van der Waals surface area contributed by atoms with Crippen LogP contribution < -0.4 is 4.72 Å². The van der Waals surface area contributed by atoms with E-state index in [0.29, 0.717) is 5.25 Å². The van der Waals surface area contributed by atoms with Gasteiger partial charge in [0.1, 0.15) is 0 Å². The molecule has 1 aliphatic rings. The van der Waals surface area contributed by atoms with Gasteiger partial charge in [-0.3, -0.25) is 0 Å². The maximum absolute atomic E-state index is 11.4. The summed E-state index contributed by atoms with van der Waals surface area (Å²) in [5.74, 6) is -0.190. The van der Waals surface area contributed by atoms with Crippen LogP contribution in [0.2, 0.25) is 0 Å². The van der Waals surface area contributed by atoms with Gasteiger partial charge in [-0.1, -0.05) is 6.42 Å². The van der Waals surface area contributed by atoms with E-state index < -0.39 is 10.0 Å². The van der Waals surface area contributed by atoms with E-state index in [-0.39, 0.29) is 18.4 Å². The Hall–Kier alpha value is 0.220. The molecule has 1 aliphatic carbocycles. The van der Waals surface area contributed by atoms with Crippen molar-refractivity contribution in [1.29, 1.82) is 0 Å². The number of aliphatic hydroxyl groups excluding tert-OH is 1. The van der Waals surface area contributed by atoms with Crippen molar-refractivity contribution in [3.63, 3.8) is 0 Å². The summed E-state index contributed by atoms with van der Waals surface area (Å²) in [6.07, 6.45) is 5.07. The lowest BCUT2D eigenvalue weighted by atomic mass is 10.3. The van der Waals surface area contributed by atoms with Gasteiger partial charge < -0.3 is 5.11 Å². The van der Waals surface area contributed by atoms with Crippen LogP contribution in [0.1, 0.15) is 19.3 Å². The summed E-state index contributed by atoms with van der Waals surface area (Å²) in [5, 5.41) is 8.97. The smallest absolute Gasteiger partial charge is 0.214 e. The van der Waals surface area contributed by atoms with E-state index in [4.69, 9.17) is 5.11 Å². The fourth-order valence-electron chi connectivity index (χ4n) is 1.75. The van der Waals surface area contributed by atoms with E-state index in [2.05, 4.69) is 4.72 Å². The molecule has 0 aromatic carbocycles. The fourth-order valence-corrected chi connectivity index (χ4v) is 3.88. The maximum atomic E-state index is 11.4. The Labute approximate surface area is 89.5 Å². The average Bonchev–Trinajstić information content (AvgIpc) is 2.50. The van der Waals surface area contributed by atoms with Crippen molar-refractivity contribution >= 4 is 21.8 Å². The molecule has 2 unspecified atom stereocenters. The SMILES string of the molecule is CSC1CCCC1NS(=O)(=O)CCO. The standard InChI is InChI=1S/C8H17NO3S2/c1-13-8-4-2-3-7(8)9-14(11,12)6-5-10/h7-10H,2-6H2,1H3. The first kappa shape index (κ1) is 12.3. The molecular formula is C8H17NO3S2. The van der Waals surface area contributed by atoms with E-state index in [1.165, 1.54) is 0 Å². The van der Waals surface area contributed by atoms with Crippen molar-refractivity contribution in [2.24, 2.45) is 0 Å². The molecule has 0 aliphatic heterocycles. The minimum absolute atomic E-state index is 0.0570. The third-order valence-electron chi connectivity index (χ3n) is 2.45. The second-order valence-electron chi connectivity index (χ2n) is 3.47. The van der Waals surface area contributed by atoms with Gasteiger partial charge in [0.05, 0.1) is 12.4 Å². The van der Waals surface area contributed by atoms with Crippen LogP contribution in [-0.2, 0) is 10.0 Å². The van der Waals surface area contributed by atoms with Crippen molar-refractivity contribution in [2.75, 3.05) is 18.6 Å². The van der Waals surface area contributed by atoms with Gasteiger partial charge in [-0.05, 0) is 19.1 Å². The van der Waals surface area contributed by atoms with E-state index >= 15 is 0 Å². The van der Waals surface area contributed by atoms with Crippen LogP contribution in [0.3, 0.4) is 0 Å². The summed E-state index contributed by atoms with van der Waals surface area (Å²) in [6, 6.07) is 0.0570. The molecule has 0 saturated heterocycles. The van der Waals surface area contributed by atoms with Gasteiger partial charge in [0.15, 0.2) is 0 Å². The molecule has 14 heavy (non-hydrogen) atoms. The number of thioether (sulfide) groups is 1. The Morgan fingerprint density at radius 1 is 1.50 bits per heavy atom. The quantitative estimate of drug-likeness (QED) is 0.718. The molecule has 0 aromatic heterocycles. The van der Waals surface area contributed by atoms with Crippen LogP contribution in [0.4, 0.5) is 0 Å². The number of hydrogen-bond acceptors (Lipinski definition) is 4. The number of sulfonamides is 1. The summed E-state index contributed by atoms with van der Waals surface area (Å²) in [4.78, 5) is 0. The minimum Gasteiger partial charge on any atom is -0.395 e. The Kier molecular flexibility index (Phi) is 4.69. The molecule has 2 atom stereocenters. The van der Waals surface area contributed by atoms with E-state index in [1.54, 1.807) is 11.8 Å². The predicted molar refractivity (Wildman–Crippen MR) is 59.0 cm³/mol. The minimum atomic E-state index is -3.27. The van der Waals surface area contributed by atoms with E-state index in [0.717, 1.165) is 19.3 Å². The topological polar surface area (TPSA) is 66.4 Å². The normalized spacial score (nSPS) is 28.1. The predicted octanol–water partition coefficient (Wildman–Crippen LogP) is 0.182. The number of rotatable bonds is 5. The summed E-state index contributed by atoms with van der Waals surface area (Å²) in [5.41, 5.74) is 0. The van der Waals surface area contributed by atoms with Crippen molar-refractivity contribution in [2.45, 2.75) is 30.6 Å². The lowest BCUT2D eigenvalue weighted by Crippen LogP contribution is -2.40. The van der Waals surface area contributed by atoms with Crippen LogP contribution in [-0.4, -0.2) is 43.4 Å². The molecule has 1 saturated carbocycles. The third-order valence-corrected chi connectivity index (χ3v) is 5.00. The van der Waals surface area contributed by atoms with Crippen molar-refractivity contribution in [3.8, 4) is 0 Å². The Morgan fingerprint density at radius 3 is 2.79 bits per heavy atom. The molecule has 4 nitrogen and oxygen atoms in total. The van der Waals surface area contributed by atoms with Gasteiger partial charge in [0.2, 0.25) is 10.0 Å². The van der Waals surface area contributed by atoms with Crippen LogP contribution in [0.25, 0.3) is 0 Å². The number of aliphatic hydroxyl groups is 1. The monoisotopic (exact) mass is 239 g/mol. The van der Waals surface area contributed by atoms with E-state index in [1.807, 2.05) is 6.26 Å². The van der Waals surface area contributed by atoms with Gasteiger partial charge in [-0.15, -0.1) is 0 Å². The maximum Gasteiger partial charge on any atom is 0.214 e. The van der Waals surface area contributed by atoms with E-state index in [9.17, 15) is 8.42 Å². The second-order valence-corrected chi connectivity index (χ2v) is 6.42. The lowest BCUT2D eigenvalue weighted by molar-refractivity contribution is 0.319. The van der Waals surface area contributed by atoms with Crippen molar-refractivity contribution < 1.29 is 13.5 Å². The molecule has 1 fully saturated rings. The Balaban J connectivity index is 2.51. The Bertz CT molecular complexity index is 266. The molecule has 0 spiro atoms. The molecular weight excluding hydrogens is 222 g/mol. The zero-order valence-electron chi connectivity index (χ0n) is 8.27. The van der Waals surface area contributed by atoms with Gasteiger partial charge >= 0.3 is 0 Å². The van der Waals surface area contributed by atoms with Crippen LogP contribution >= 0.6 is 11.8 Å². The van der Waals surface area contributed by atoms with Gasteiger partial charge in [0.25, 0.3) is 0 Å². The van der Waals surface area contributed by atoms with Crippen LogP contribution in [0, 0.1) is 0 Å². The molecule has 0 radical (unpaired) electrons. The lowest BCUT2D eigenvalue weighted by Gasteiger charge is -2.18. The molecule has 6 heteroatoms. The fraction of sp³-hybridized carbons (Fsp3) is 1.00. The van der Waals surface area contributed by atoms with Crippen LogP contribution in [0.5, 0.6) is 0 Å². The summed E-state index contributed by atoms with van der Waals surface area (Å²) >= 11 is 1.71. The highest BCUT2D eigenvalue weighted by Crippen LogP contribution is 2.28. The highest BCUT2D eigenvalue weighted by molar-refractivity contribution is 7.99. The van der Waals surface area contributed by atoms with Crippen molar-refractivity contribution in [3.05, 3.63) is 0 Å². The van der Waals surface area contributed by atoms with Gasteiger partial charge in [-0.2, -0.15) is 11.8 Å². The molecule has 0 amide bonds. The number of nitrogens with one attached hydrogen (secondary N) is 1. The zero-order valence-corrected chi connectivity index (χ0v) is 9.90. The second kappa shape index (κ2) is 5.34. The zero-order chi connectivity index (χ0) is 10.6. The molecule has 0 heterocycles. The van der Waals surface area contributed by atoms with Gasteiger partial charge in [0, 0.05) is 11.3 Å². The molecule has 1 rings (SSSR count). The molecule has 84 valence electrons. The number of hydrogen-bond donors (Lipinski definition) is 2. The average molecular weight is 239 g/mol. The van der Waals surface area contributed by atoms with Crippen LogP contribution in [0.15, 0.2) is 0 Å². The first-order chi connectivity index (χ1) is 6.59. The molecule has 0 aromatic rings. The molecule has 2 N–H and O–H groups in total. The Morgan fingerprint density at radius 2 is 2.21 bits per heavy atom. The summed E-state index contributed by atoms with van der Waals surface area (Å²) < 4.78 is 25.4. The summed E-state index contributed by atoms with van der Waals surface area (Å²) in [7, 11) is -3.27. The third kappa shape index (κ3) is 3.42. The first-order valence-corrected chi connectivity index (χ1v) is 7.66. The van der Waals surface area contributed by atoms with Crippen molar-refractivity contribution in [1.82, 2.24) is 4.72 Å². The first-order valence-electron chi connectivity index (χ1n) is 4.72. The van der Waals surface area contributed by atoms with Gasteiger partial charge in [-0.25, -0.2) is 13.1 Å². The highest BCUT2D eigenvalue weighted by atomic mass is 32.2. The summed E-state index contributed by atoms with van der Waals surface area (Å²) in [6.45, 7) is -0.314. The largest absolute Gasteiger partial charge is 0.395 e.